The van der Waals surface area contributed by atoms with Crippen molar-refractivity contribution in [3.63, 3.8) is 0 Å². The molecule has 4 aliphatic rings. The van der Waals surface area contributed by atoms with E-state index in [0.717, 1.165) is 37.0 Å². The van der Waals surface area contributed by atoms with Gasteiger partial charge in [-0.2, -0.15) is 0 Å². The fourth-order valence-electron chi connectivity index (χ4n) is 8.00. The Morgan fingerprint density at radius 3 is 2.36 bits per heavy atom. The van der Waals surface area contributed by atoms with Gasteiger partial charge in [-0.15, -0.1) is 0 Å². The monoisotopic (exact) mass is 349 g/mol. The highest BCUT2D eigenvalue weighted by molar-refractivity contribution is 5.13. The van der Waals surface area contributed by atoms with E-state index in [4.69, 9.17) is 0 Å². The van der Waals surface area contributed by atoms with Gasteiger partial charge in [-0.25, -0.2) is 0 Å². The smallest absolute Gasteiger partial charge is 0.0933 e. The fourth-order valence-corrected chi connectivity index (χ4v) is 8.00. The lowest BCUT2D eigenvalue weighted by Crippen LogP contribution is -2.65. The van der Waals surface area contributed by atoms with E-state index < -0.39 is 11.7 Å². The summed E-state index contributed by atoms with van der Waals surface area (Å²) in [5, 5.41) is 25.2. The van der Waals surface area contributed by atoms with Gasteiger partial charge in [0.15, 0.2) is 0 Å². The molecule has 25 heavy (non-hydrogen) atoms. The first kappa shape index (κ1) is 18.3. The molecule has 4 fully saturated rings. The Hall–Kier alpha value is -0.120. The van der Waals surface area contributed by atoms with E-state index in [-0.39, 0.29) is 5.41 Å². The van der Waals surface area contributed by atoms with Crippen molar-refractivity contribution in [1.29, 1.82) is 0 Å². The van der Waals surface area contributed by atoms with Crippen LogP contribution in [0.25, 0.3) is 0 Å². The molecule has 0 heterocycles. The third kappa shape index (κ3) is 2.41. The van der Waals surface area contributed by atoms with Crippen molar-refractivity contribution in [1.82, 2.24) is 5.32 Å². The highest BCUT2D eigenvalue weighted by Gasteiger charge is 2.63. The minimum atomic E-state index is -0.928. The maximum atomic E-state index is 11.2. The van der Waals surface area contributed by atoms with Gasteiger partial charge < -0.3 is 15.5 Å². The van der Waals surface area contributed by atoms with Crippen molar-refractivity contribution < 1.29 is 10.2 Å². The Morgan fingerprint density at radius 2 is 1.64 bits per heavy atom. The SMILES string of the molecule is CN[C@H]1CC[C@@]2(C)[C@@H](CC[C@@H]3[C@@H]2CC[C@@]2(C)[C@H]3CC[C@H](O)[C@]2(C)O)C1. The Labute approximate surface area is 154 Å². The molecule has 0 spiro atoms. The molecule has 4 rings (SSSR count). The van der Waals surface area contributed by atoms with Crippen molar-refractivity contribution in [3.05, 3.63) is 0 Å². The average Bonchev–Trinajstić information content (AvgIpc) is 2.58. The lowest BCUT2D eigenvalue weighted by atomic mass is 9.41. The first-order valence-electron chi connectivity index (χ1n) is 10.8. The molecule has 0 aromatic carbocycles. The first-order valence-corrected chi connectivity index (χ1v) is 10.8. The lowest BCUT2D eigenvalue weighted by molar-refractivity contribution is -0.235. The standard InChI is InChI=1S/C22H39NO2/c1-20-11-9-15(23-4)13-14(20)5-6-16-17(20)10-12-21(2)18(16)7-8-19(24)22(21,3)25/h14-19,23-25H,5-13H2,1-4H3/t14-,15-,16+,17-,18-,19-,20-,21-,22-/m0/s1. The number of rotatable bonds is 1. The first-order chi connectivity index (χ1) is 11.7. The number of aliphatic hydroxyl groups excluding tert-OH is 1. The second kappa shape index (κ2) is 5.94. The summed E-state index contributed by atoms with van der Waals surface area (Å²) in [6.45, 7) is 6.79. The second-order valence-electron chi connectivity index (χ2n) is 10.6. The maximum absolute atomic E-state index is 11.2. The minimum absolute atomic E-state index is 0.114. The molecule has 0 bridgehead atoms. The molecule has 0 unspecified atom stereocenters. The molecule has 0 aromatic heterocycles. The predicted molar refractivity (Wildman–Crippen MR) is 101 cm³/mol. The molecule has 0 saturated heterocycles. The van der Waals surface area contributed by atoms with E-state index in [1.165, 1.54) is 38.5 Å². The summed E-state index contributed by atoms with van der Waals surface area (Å²) in [6, 6.07) is 0.717. The highest BCUT2D eigenvalue weighted by atomic mass is 16.3. The molecule has 0 amide bonds. The maximum Gasteiger partial charge on any atom is 0.0933 e. The van der Waals surface area contributed by atoms with Crippen LogP contribution < -0.4 is 5.32 Å². The van der Waals surface area contributed by atoms with E-state index in [9.17, 15) is 10.2 Å². The molecule has 144 valence electrons. The number of aliphatic hydroxyl groups is 2. The van der Waals surface area contributed by atoms with Gasteiger partial charge in [0.25, 0.3) is 0 Å². The minimum Gasteiger partial charge on any atom is -0.390 e. The largest absolute Gasteiger partial charge is 0.390 e. The fraction of sp³-hybridized carbons (Fsp3) is 1.00. The summed E-state index contributed by atoms with van der Waals surface area (Å²) in [4.78, 5) is 0. The summed E-state index contributed by atoms with van der Waals surface area (Å²) >= 11 is 0. The third-order valence-electron chi connectivity index (χ3n) is 10.0. The van der Waals surface area contributed by atoms with Gasteiger partial charge in [-0.05, 0) is 101 Å². The summed E-state index contributed by atoms with van der Waals surface area (Å²) in [7, 11) is 2.13. The van der Waals surface area contributed by atoms with E-state index in [2.05, 4.69) is 26.2 Å². The van der Waals surface area contributed by atoms with Crippen LogP contribution in [-0.4, -0.2) is 35.0 Å². The third-order valence-corrected chi connectivity index (χ3v) is 10.0. The highest BCUT2D eigenvalue weighted by Crippen LogP contribution is 2.66. The summed E-state index contributed by atoms with van der Waals surface area (Å²) in [5.41, 5.74) is -0.543. The van der Waals surface area contributed by atoms with E-state index in [1.807, 2.05) is 6.92 Å². The normalized spacial score (nSPS) is 58.8. The van der Waals surface area contributed by atoms with Crippen LogP contribution in [0.15, 0.2) is 0 Å². The van der Waals surface area contributed by atoms with Crippen molar-refractivity contribution in [3.8, 4) is 0 Å². The average molecular weight is 350 g/mol. The molecule has 0 aliphatic heterocycles. The Kier molecular flexibility index (Phi) is 4.34. The van der Waals surface area contributed by atoms with Gasteiger partial charge >= 0.3 is 0 Å². The zero-order valence-corrected chi connectivity index (χ0v) is 16.7. The van der Waals surface area contributed by atoms with Crippen LogP contribution in [0.2, 0.25) is 0 Å². The number of fused-ring (bicyclic) bond motifs is 5. The molecule has 3 nitrogen and oxygen atoms in total. The molecular formula is C22H39NO2. The van der Waals surface area contributed by atoms with E-state index in [0.29, 0.717) is 17.4 Å². The van der Waals surface area contributed by atoms with Gasteiger partial charge in [0, 0.05) is 11.5 Å². The van der Waals surface area contributed by atoms with E-state index in [1.54, 1.807) is 0 Å². The van der Waals surface area contributed by atoms with Crippen LogP contribution in [0.1, 0.15) is 78.6 Å². The van der Waals surface area contributed by atoms with Crippen LogP contribution in [0.5, 0.6) is 0 Å². The van der Waals surface area contributed by atoms with Gasteiger partial charge in [0.05, 0.1) is 11.7 Å². The molecular weight excluding hydrogens is 310 g/mol. The quantitative estimate of drug-likeness (QED) is 0.676. The van der Waals surface area contributed by atoms with Crippen molar-refractivity contribution in [2.75, 3.05) is 7.05 Å². The van der Waals surface area contributed by atoms with E-state index >= 15 is 0 Å². The zero-order valence-electron chi connectivity index (χ0n) is 16.7. The zero-order chi connectivity index (χ0) is 18.0. The Morgan fingerprint density at radius 1 is 0.880 bits per heavy atom. The molecule has 3 N–H and O–H groups in total. The van der Waals surface area contributed by atoms with Gasteiger partial charge in [0.1, 0.15) is 0 Å². The van der Waals surface area contributed by atoms with Crippen LogP contribution in [0, 0.1) is 34.5 Å². The predicted octanol–water partition coefficient (Wildman–Crippen LogP) is 3.73. The van der Waals surface area contributed by atoms with Crippen LogP contribution >= 0.6 is 0 Å². The molecule has 0 aromatic rings. The lowest BCUT2D eigenvalue weighted by Gasteiger charge is -2.65. The van der Waals surface area contributed by atoms with Crippen LogP contribution in [0.3, 0.4) is 0 Å². The topological polar surface area (TPSA) is 52.5 Å². The molecule has 9 atom stereocenters. The second-order valence-corrected chi connectivity index (χ2v) is 10.6. The van der Waals surface area contributed by atoms with Gasteiger partial charge in [-0.3, -0.25) is 0 Å². The Balaban J connectivity index is 1.62. The van der Waals surface area contributed by atoms with Crippen molar-refractivity contribution in [2.24, 2.45) is 34.5 Å². The van der Waals surface area contributed by atoms with Crippen molar-refractivity contribution >= 4 is 0 Å². The van der Waals surface area contributed by atoms with Crippen LogP contribution in [0.4, 0.5) is 0 Å². The molecule has 4 aliphatic carbocycles. The number of hydrogen-bond acceptors (Lipinski definition) is 3. The van der Waals surface area contributed by atoms with Crippen LogP contribution in [-0.2, 0) is 0 Å². The van der Waals surface area contributed by atoms with Gasteiger partial charge in [-0.1, -0.05) is 13.8 Å². The molecule has 3 heteroatoms. The number of hydrogen-bond donors (Lipinski definition) is 3. The van der Waals surface area contributed by atoms with Gasteiger partial charge in [0.2, 0.25) is 0 Å². The molecule has 0 radical (unpaired) electrons. The van der Waals surface area contributed by atoms with Crippen molar-refractivity contribution in [2.45, 2.75) is 96.3 Å². The summed E-state index contributed by atoms with van der Waals surface area (Å²) < 4.78 is 0. The summed E-state index contributed by atoms with van der Waals surface area (Å²) in [5.74, 6) is 3.04. The Bertz CT molecular complexity index is 520. The molecule has 4 saturated carbocycles. The summed E-state index contributed by atoms with van der Waals surface area (Å²) in [6.07, 6.45) is 10.4. The number of nitrogens with one attached hydrogen (secondary N) is 1.